The molecule has 0 amide bonds. The summed E-state index contributed by atoms with van der Waals surface area (Å²) >= 11 is 0. The molecule has 0 fully saturated rings. The van der Waals surface area contributed by atoms with Crippen molar-refractivity contribution in [2.24, 2.45) is 0 Å². The number of unbranched alkanes of at least 4 members (excludes halogenated alkanes) is 23. The Morgan fingerprint density at radius 1 is 0.556 bits per heavy atom. The van der Waals surface area contributed by atoms with Gasteiger partial charge in [-0.3, -0.25) is 9.59 Å². The third-order valence-corrected chi connectivity index (χ3v) is 10.1. The fourth-order valence-corrected chi connectivity index (χ4v) is 6.61. The fourth-order valence-electron chi connectivity index (χ4n) is 6.61. The van der Waals surface area contributed by atoms with Gasteiger partial charge in [-0.2, -0.15) is 0 Å². The van der Waals surface area contributed by atoms with Crippen molar-refractivity contribution in [1.29, 1.82) is 0 Å². The highest BCUT2D eigenvalue weighted by atomic mass is 16.6. The number of aliphatic carboxylic acids is 1. The van der Waals surface area contributed by atoms with Crippen LogP contribution in [0.2, 0.25) is 0 Å². The van der Waals surface area contributed by atoms with Crippen LogP contribution < -0.4 is 0 Å². The minimum absolute atomic E-state index is 0.0483. The standard InChI is InChI=1S/C46H85NO7/c1-6-8-10-12-14-16-18-19-20-21-22-23-24-25-26-27-29-31-33-35-37-45(49)54-42(40-52-39-38-43(46(50)51)47(3,4)5)41-53-44(48)36-34-32-30-28-17-15-13-11-9-7-2/h16,18-20,42-43H,6-15,17,21-41H2,1-5H3/p+1/b18-16+,20-19+. The van der Waals surface area contributed by atoms with Gasteiger partial charge in [0, 0.05) is 19.3 Å². The molecule has 316 valence electrons. The van der Waals surface area contributed by atoms with Crippen molar-refractivity contribution in [2.45, 2.75) is 212 Å². The average Bonchev–Trinajstić information content (AvgIpc) is 3.12. The SMILES string of the molecule is CCCCCC/C=C/C=C/CCCCCCCCCCCCC(=O)OC(COCCC(C(=O)O)[N+](C)(C)C)COC(=O)CCCCCCCCCCCC. The van der Waals surface area contributed by atoms with Crippen molar-refractivity contribution in [3.05, 3.63) is 24.3 Å². The molecule has 0 saturated heterocycles. The Hall–Kier alpha value is -2.19. The molecule has 1 N–H and O–H groups in total. The quantitative estimate of drug-likeness (QED) is 0.0287. The van der Waals surface area contributed by atoms with E-state index in [1.807, 2.05) is 21.1 Å². The van der Waals surface area contributed by atoms with E-state index in [9.17, 15) is 19.5 Å². The molecule has 0 bridgehead atoms. The zero-order chi connectivity index (χ0) is 40.0. The summed E-state index contributed by atoms with van der Waals surface area (Å²) in [4.78, 5) is 36.9. The zero-order valence-corrected chi connectivity index (χ0v) is 35.9. The average molecular weight is 765 g/mol. The Labute approximate surface area is 332 Å². The van der Waals surface area contributed by atoms with E-state index in [4.69, 9.17) is 14.2 Å². The molecule has 8 heteroatoms. The maximum atomic E-state index is 12.7. The Balaban J connectivity index is 4.26. The number of hydrogen-bond donors (Lipinski definition) is 1. The molecule has 0 radical (unpaired) electrons. The van der Waals surface area contributed by atoms with E-state index in [1.165, 1.54) is 128 Å². The second-order valence-corrected chi connectivity index (χ2v) is 16.3. The first-order valence-corrected chi connectivity index (χ1v) is 22.4. The summed E-state index contributed by atoms with van der Waals surface area (Å²) in [5.74, 6) is -1.46. The molecule has 2 unspecified atom stereocenters. The van der Waals surface area contributed by atoms with Crippen molar-refractivity contribution in [3.8, 4) is 0 Å². The van der Waals surface area contributed by atoms with Gasteiger partial charge in [0.2, 0.25) is 0 Å². The Bertz CT molecular complexity index is 942. The van der Waals surface area contributed by atoms with Gasteiger partial charge in [0.15, 0.2) is 12.1 Å². The van der Waals surface area contributed by atoms with Gasteiger partial charge >= 0.3 is 17.9 Å². The fraction of sp³-hybridized carbons (Fsp3) is 0.848. The molecule has 0 aliphatic carbocycles. The molecule has 54 heavy (non-hydrogen) atoms. The van der Waals surface area contributed by atoms with Crippen molar-refractivity contribution in [2.75, 3.05) is 41.0 Å². The van der Waals surface area contributed by atoms with Crippen LogP contribution in [0.15, 0.2) is 24.3 Å². The Kier molecular flexibility index (Phi) is 36.2. The molecule has 0 saturated carbocycles. The van der Waals surface area contributed by atoms with Gasteiger partial charge in [0.05, 0.1) is 34.4 Å². The van der Waals surface area contributed by atoms with Crippen LogP contribution in [0.4, 0.5) is 0 Å². The summed E-state index contributed by atoms with van der Waals surface area (Å²) in [5.41, 5.74) is 0. The topological polar surface area (TPSA) is 99.1 Å². The van der Waals surface area contributed by atoms with E-state index in [1.54, 1.807) is 0 Å². The summed E-state index contributed by atoms with van der Waals surface area (Å²) in [6.07, 6.45) is 40.7. The summed E-state index contributed by atoms with van der Waals surface area (Å²) in [6.45, 7) is 4.71. The summed E-state index contributed by atoms with van der Waals surface area (Å²) in [5, 5.41) is 9.61. The molecule has 0 rings (SSSR count). The summed E-state index contributed by atoms with van der Waals surface area (Å²) in [6, 6.07) is -0.611. The largest absolute Gasteiger partial charge is 0.477 e. The number of allylic oxidation sites excluding steroid dienone is 4. The highest BCUT2D eigenvalue weighted by molar-refractivity contribution is 5.72. The van der Waals surface area contributed by atoms with Crippen molar-refractivity contribution < 1.29 is 38.2 Å². The molecule has 0 spiro atoms. The van der Waals surface area contributed by atoms with Crippen LogP contribution in [-0.2, 0) is 28.6 Å². The van der Waals surface area contributed by atoms with Gasteiger partial charge in [0.25, 0.3) is 0 Å². The lowest BCUT2D eigenvalue weighted by Gasteiger charge is -2.31. The molecule has 0 aromatic rings. The maximum Gasteiger partial charge on any atom is 0.362 e. The molecule has 0 aliphatic rings. The predicted octanol–water partition coefficient (Wildman–Crippen LogP) is 12.1. The third-order valence-electron chi connectivity index (χ3n) is 10.1. The minimum Gasteiger partial charge on any atom is -0.477 e. The minimum atomic E-state index is -0.874. The number of ether oxygens (including phenoxy) is 3. The van der Waals surface area contributed by atoms with Crippen LogP contribution in [-0.4, -0.2) is 80.6 Å². The van der Waals surface area contributed by atoms with E-state index >= 15 is 0 Å². The lowest BCUT2D eigenvalue weighted by molar-refractivity contribution is -0.887. The van der Waals surface area contributed by atoms with Gasteiger partial charge < -0.3 is 23.8 Å². The van der Waals surface area contributed by atoms with E-state index < -0.39 is 18.1 Å². The number of esters is 2. The molecular weight excluding hydrogens is 679 g/mol. The first-order chi connectivity index (χ1) is 26.1. The number of likely N-dealkylation sites (N-methyl/N-ethyl adjacent to an activating group) is 1. The van der Waals surface area contributed by atoms with E-state index in [2.05, 4.69) is 38.2 Å². The molecule has 0 heterocycles. The lowest BCUT2D eigenvalue weighted by atomic mass is 10.1. The van der Waals surface area contributed by atoms with E-state index in [-0.39, 0.29) is 36.2 Å². The predicted molar refractivity (Wildman–Crippen MR) is 225 cm³/mol. The summed E-state index contributed by atoms with van der Waals surface area (Å²) in [7, 11) is 5.53. The van der Waals surface area contributed by atoms with E-state index in [0.29, 0.717) is 19.3 Å². The van der Waals surface area contributed by atoms with Crippen molar-refractivity contribution in [3.63, 3.8) is 0 Å². The van der Waals surface area contributed by atoms with Crippen molar-refractivity contribution in [1.82, 2.24) is 0 Å². The molecular formula is C46H86NO7+. The first kappa shape index (κ1) is 51.8. The van der Waals surface area contributed by atoms with Crippen molar-refractivity contribution >= 4 is 17.9 Å². The molecule has 8 nitrogen and oxygen atoms in total. The second kappa shape index (κ2) is 37.7. The molecule has 0 aliphatic heterocycles. The van der Waals surface area contributed by atoms with Crippen LogP contribution in [0.25, 0.3) is 0 Å². The number of carbonyl (C=O) groups is 3. The number of carboxylic acids is 1. The van der Waals surface area contributed by atoms with Gasteiger partial charge in [0.1, 0.15) is 6.61 Å². The monoisotopic (exact) mass is 765 g/mol. The number of hydrogen-bond acceptors (Lipinski definition) is 6. The first-order valence-electron chi connectivity index (χ1n) is 22.4. The van der Waals surface area contributed by atoms with Gasteiger partial charge in [-0.1, -0.05) is 167 Å². The molecule has 0 aromatic heterocycles. The normalized spacial score (nSPS) is 13.1. The number of carbonyl (C=O) groups excluding carboxylic acids is 2. The number of nitrogens with zero attached hydrogens (tertiary/aromatic N) is 1. The second-order valence-electron chi connectivity index (χ2n) is 16.3. The number of quaternary nitrogens is 1. The van der Waals surface area contributed by atoms with Gasteiger partial charge in [-0.15, -0.1) is 0 Å². The van der Waals surface area contributed by atoms with Crippen LogP contribution in [0, 0.1) is 0 Å². The van der Waals surface area contributed by atoms with Crippen LogP contribution in [0.3, 0.4) is 0 Å². The lowest BCUT2D eigenvalue weighted by Crippen LogP contribution is -2.50. The Morgan fingerprint density at radius 3 is 1.41 bits per heavy atom. The van der Waals surface area contributed by atoms with Crippen LogP contribution in [0.5, 0.6) is 0 Å². The zero-order valence-electron chi connectivity index (χ0n) is 35.9. The van der Waals surface area contributed by atoms with Gasteiger partial charge in [-0.25, -0.2) is 4.79 Å². The maximum absolute atomic E-state index is 12.7. The summed E-state index contributed by atoms with van der Waals surface area (Å²) < 4.78 is 17.3. The highest BCUT2D eigenvalue weighted by Gasteiger charge is 2.31. The van der Waals surface area contributed by atoms with Gasteiger partial charge in [-0.05, 0) is 38.5 Å². The molecule has 0 aromatic carbocycles. The van der Waals surface area contributed by atoms with E-state index in [0.717, 1.165) is 38.5 Å². The Morgan fingerprint density at radius 2 is 0.963 bits per heavy atom. The highest BCUT2D eigenvalue weighted by Crippen LogP contribution is 2.15. The number of rotatable bonds is 40. The number of carboxylic acid groups (broad SMARTS) is 1. The van der Waals surface area contributed by atoms with Crippen LogP contribution >= 0.6 is 0 Å². The van der Waals surface area contributed by atoms with Crippen LogP contribution in [0.1, 0.15) is 200 Å². The smallest absolute Gasteiger partial charge is 0.362 e. The third kappa shape index (κ3) is 35.5. The molecule has 2 atom stereocenters.